The summed E-state index contributed by atoms with van der Waals surface area (Å²) >= 11 is 0.306. The van der Waals surface area contributed by atoms with Crippen molar-refractivity contribution < 1.29 is 4.16 Å². The summed E-state index contributed by atoms with van der Waals surface area (Å²) in [6.45, 7) is 0. The minimum absolute atomic E-state index is 0.306. The number of hydrogen-bond acceptors (Lipinski definition) is 1. The fourth-order valence-electron chi connectivity index (χ4n) is 0.385. The molecule has 0 aromatic heterocycles. The van der Waals surface area contributed by atoms with E-state index in [1.807, 2.05) is 36.4 Å². The summed E-state index contributed by atoms with van der Waals surface area (Å²) in [5.74, 6) is 0. The molecule has 0 bridgehead atoms. The van der Waals surface area contributed by atoms with Crippen molar-refractivity contribution in [2.45, 2.75) is 0 Å². The number of rotatable bonds is 0. The van der Waals surface area contributed by atoms with Gasteiger partial charge in [0.1, 0.15) is 0 Å². The molecule has 8 heavy (non-hydrogen) atoms. The molecular formula is C6H9AlO. The Morgan fingerprint density at radius 2 is 0.750 bits per heavy atom. The molecular weight excluding hydrogens is 115 g/mol. The molecule has 0 unspecified atom stereocenters. The third-order valence-corrected chi connectivity index (χ3v) is 0.667. The summed E-state index contributed by atoms with van der Waals surface area (Å²) in [7, 11) is 0. The quantitative estimate of drug-likeness (QED) is 0.490. The van der Waals surface area contributed by atoms with Gasteiger partial charge in [0.2, 0.25) is 0 Å². The summed E-state index contributed by atoms with van der Waals surface area (Å²) in [6.07, 6.45) is 0. The lowest BCUT2D eigenvalue weighted by molar-refractivity contribution is 0.629. The van der Waals surface area contributed by atoms with Crippen LogP contribution < -0.4 is 0 Å². The van der Waals surface area contributed by atoms with Crippen molar-refractivity contribution in [2.75, 3.05) is 0 Å². The van der Waals surface area contributed by atoms with Crippen molar-refractivity contribution in [3.63, 3.8) is 0 Å². The molecule has 1 aromatic carbocycles. The SMILES string of the molecule is [OH][AlH2].c1ccccc1. The third-order valence-electron chi connectivity index (χ3n) is 0.667. The van der Waals surface area contributed by atoms with Gasteiger partial charge in [0, 0.05) is 0 Å². The molecule has 0 atom stereocenters. The standard InChI is InChI=1S/C6H6.Al.H2O.2H/c1-2-4-6-5-3-1;;;;/h1-6H;;1H2;;/q;+1;;;/p-1. The molecule has 0 radical (unpaired) electrons. The largest absolute Gasteiger partial charge is 0.521 e. The van der Waals surface area contributed by atoms with E-state index in [1.165, 1.54) is 0 Å². The minimum atomic E-state index is 0.306. The van der Waals surface area contributed by atoms with Gasteiger partial charge in [0.15, 0.2) is 0 Å². The third kappa shape index (κ3) is 3.89. The van der Waals surface area contributed by atoms with Gasteiger partial charge in [-0.15, -0.1) is 0 Å². The highest BCUT2D eigenvalue weighted by atomic mass is 27.1. The van der Waals surface area contributed by atoms with E-state index in [9.17, 15) is 0 Å². The van der Waals surface area contributed by atoms with Crippen molar-refractivity contribution in [3.8, 4) is 0 Å². The van der Waals surface area contributed by atoms with E-state index in [0.717, 1.165) is 0 Å². The Balaban J connectivity index is 0.000000222. The first-order valence-electron chi connectivity index (χ1n) is 2.45. The predicted octanol–water partition coefficient (Wildman–Crippen LogP) is 0.213. The molecule has 0 saturated heterocycles. The van der Waals surface area contributed by atoms with Gasteiger partial charge in [-0.2, -0.15) is 0 Å². The summed E-state index contributed by atoms with van der Waals surface area (Å²) in [5.41, 5.74) is 0. The Hall–Kier alpha value is -0.288. The lowest BCUT2D eigenvalue weighted by Crippen LogP contribution is -1.47. The van der Waals surface area contributed by atoms with Crippen LogP contribution in [-0.2, 0) is 0 Å². The molecule has 1 N–H and O–H groups in total. The average molecular weight is 124 g/mol. The molecule has 0 aliphatic rings. The highest BCUT2D eigenvalue weighted by Crippen LogP contribution is 1.79. The molecule has 0 aliphatic heterocycles. The van der Waals surface area contributed by atoms with E-state index in [4.69, 9.17) is 4.16 Å². The second-order valence-electron chi connectivity index (χ2n) is 1.15. The normalized spacial score (nSPS) is 6.62. The van der Waals surface area contributed by atoms with E-state index in [2.05, 4.69) is 0 Å². The molecule has 1 aromatic rings. The highest BCUT2D eigenvalue weighted by molar-refractivity contribution is 5.95. The maximum Gasteiger partial charge on any atom is 0.407 e. The van der Waals surface area contributed by atoms with E-state index < -0.39 is 0 Å². The van der Waals surface area contributed by atoms with Crippen molar-refractivity contribution in [2.24, 2.45) is 0 Å². The minimum Gasteiger partial charge on any atom is -0.521 e. The highest BCUT2D eigenvalue weighted by Gasteiger charge is 1.57. The molecule has 0 amide bonds. The van der Waals surface area contributed by atoms with Crippen molar-refractivity contribution in [1.29, 1.82) is 0 Å². The van der Waals surface area contributed by atoms with E-state index >= 15 is 0 Å². The summed E-state index contributed by atoms with van der Waals surface area (Å²) in [6, 6.07) is 12.0. The molecule has 0 aliphatic carbocycles. The maximum absolute atomic E-state index is 7.14. The van der Waals surface area contributed by atoms with Gasteiger partial charge in [0.05, 0.1) is 0 Å². The zero-order valence-corrected chi connectivity index (χ0v) is 6.91. The first kappa shape index (κ1) is 7.71. The van der Waals surface area contributed by atoms with E-state index in [-0.39, 0.29) is 0 Å². The van der Waals surface area contributed by atoms with Gasteiger partial charge in [-0.1, -0.05) is 36.4 Å². The zero-order chi connectivity index (χ0) is 6.24. The van der Waals surface area contributed by atoms with E-state index in [0.29, 0.717) is 16.6 Å². The molecule has 1 rings (SSSR count). The lowest BCUT2D eigenvalue weighted by atomic mass is 10.4. The topological polar surface area (TPSA) is 20.2 Å². The van der Waals surface area contributed by atoms with Crippen LogP contribution in [0.15, 0.2) is 36.4 Å². The Labute approximate surface area is 57.7 Å². The van der Waals surface area contributed by atoms with Crippen molar-refractivity contribution >= 4 is 16.6 Å². The summed E-state index contributed by atoms with van der Waals surface area (Å²) < 4.78 is 7.14. The fraction of sp³-hybridized carbons (Fsp3) is 0. The Bertz CT molecular complexity index is 80.5. The van der Waals surface area contributed by atoms with Crippen LogP contribution in [0.1, 0.15) is 0 Å². The Morgan fingerprint density at radius 3 is 0.875 bits per heavy atom. The predicted molar refractivity (Wildman–Crippen MR) is 37.2 cm³/mol. The van der Waals surface area contributed by atoms with Crippen LogP contribution in [0.4, 0.5) is 0 Å². The molecule has 42 valence electrons. The first-order chi connectivity index (χ1) is 4.00. The molecule has 0 saturated carbocycles. The van der Waals surface area contributed by atoms with Gasteiger partial charge in [-0.25, -0.2) is 0 Å². The smallest absolute Gasteiger partial charge is 0.407 e. The maximum atomic E-state index is 7.14. The molecule has 0 fully saturated rings. The van der Waals surface area contributed by atoms with Crippen LogP contribution in [0.5, 0.6) is 0 Å². The van der Waals surface area contributed by atoms with Gasteiger partial charge >= 0.3 is 16.6 Å². The van der Waals surface area contributed by atoms with E-state index in [1.54, 1.807) is 0 Å². The van der Waals surface area contributed by atoms with Crippen molar-refractivity contribution in [3.05, 3.63) is 36.4 Å². The summed E-state index contributed by atoms with van der Waals surface area (Å²) in [4.78, 5) is 0. The molecule has 1 nitrogen and oxygen atoms in total. The van der Waals surface area contributed by atoms with Crippen LogP contribution in [0, 0.1) is 0 Å². The monoisotopic (exact) mass is 124 g/mol. The zero-order valence-electron chi connectivity index (χ0n) is 4.91. The van der Waals surface area contributed by atoms with Crippen molar-refractivity contribution in [1.82, 2.24) is 0 Å². The first-order valence-corrected chi connectivity index (χ1v) is 3.34. The Kier molecular flexibility index (Phi) is 6.47. The van der Waals surface area contributed by atoms with Crippen LogP contribution in [0.2, 0.25) is 0 Å². The molecule has 0 heterocycles. The molecule has 2 heteroatoms. The van der Waals surface area contributed by atoms with Crippen LogP contribution in [0.25, 0.3) is 0 Å². The number of benzene rings is 1. The number of hydrogen-bond donors (Lipinski definition) is 1. The Morgan fingerprint density at radius 1 is 0.625 bits per heavy atom. The van der Waals surface area contributed by atoms with Gasteiger partial charge in [-0.3, -0.25) is 0 Å². The van der Waals surface area contributed by atoms with Gasteiger partial charge in [0.25, 0.3) is 0 Å². The average Bonchev–Trinajstić information content (AvgIpc) is 1.96. The second kappa shape index (κ2) is 6.71. The van der Waals surface area contributed by atoms with Crippen LogP contribution in [-0.4, -0.2) is 20.8 Å². The lowest BCUT2D eigenvalue weighted by Gasteiger charge is -1.69. The van der Waals surface area contributed by atoms with Crippen LogP contribution in [0.3, 0.4) is 0 Å². The second-order valence-corrected chi connectivity index (χ2v) is 1.15. The van der Waals surface area contributed by atoms with Gasteiger partial charge < -0.3 is 4.16 Å². The summed E-state index contributed by atoms with van der Waals surface area (Å²) in [5, 5.41) is 0. The molecule has 0 spiro atoms. The van der Waals surface area contributed by atoms with Gasteiger partial charge in [-0.05, 0) is 0 Å². The van der Waals surface area contributed by atoms with Crippen LogP contribution >= 0.6 is 0 Å². The fourth-order valence-corrected chi connectivity index (χ4v) is 0.385.